The van der Waals surface area contributed by atoms with Crippen molar-refractivity contribution >= 4 is 10.8 Å². The summed E-state index contributed by atoms with van der Waals surface area (Å²) in [6.45, 7) is 4.83. The molecule has 2 atom stereocenters. The number of nitrogens with one attached hydrogen (secondary N) is 1. The Morgan fingerprint density at radius 2 is 1.92 bits per heavy atom. The molecule has 2 aromatic carbocycles. The van der Waals surface area contributed by atoms with Gasteiger partial charge in [-0.15, -0.1) is 0 Å². The fraction of sp³-hybridized carbons (Fsp3) is 0.478. The Labute approximate surface area is 156 Å². The van der Waals surface area contributed by atoms with E-state index < -0.39 is 0 Å². The van der Waals surface area contributed by atoms with Gasteiger partial charge in [-0.3, -0.25) is 5.10 Å². The van der Waals surface area contributed by atoms with Gasteiger partial charge in [-0.25, -0.2) is 4.98 Å². The first-order valence-corrected chi connectivity index (χ1v) is 9.92. The zero-order valence-electron chi connectivity index (χ0n) is 15.9. The zero-order valence-corrected chi connectivity index (χ0v) is 15.9. The largest absolute Gasteiger partial charge is 0.266 e. The van der Waals surface area contributed by atoms with Gasteiger partial charge in [0.2, 0.25) is 0 Å². The summed E-state index contributed by atoms with van der Waals surface area (Å²) < 4.78 is 0. The van der Waals surface area contributed by atoms with E-state index in [1.165, 1.54) is 42.0 Å². The SMILES string of the molecule is CC1(C)CCC(CCc2cccc3ccccc23)C(Cc2nc[nH]n2)C1. The number of H-pyrrole nitrogens is 1. The molecular weight excluding hydrogens is 318 g/mol. The second kappa shape index (κ2) is 7.22. The van der Waals surface area contributed by atoms with Gasteiger partial charge in [-0.1, -0.05) is 56.3 Å². The molecule has 1 aliphatic carbocycles. The first kappa shape index (κ1) is 17.3. The first-order chi connectivity index (χ1) is 12.6. The van der Waals surface area contributed by atoms with Crippen LogP contribution in [0.1, 0.15) is 50.9 Å². The Bertz CT molecular complexity index is 846. The average Bonchev–Trinajstić information content (AvgIpc) is 3.13. The molecule has 0 spiro atoms. The molecular formula is C23H29N3. The summed E-state index contributed by atoms with van der Waals surface area (Å²) in [5.41, 5.74) is 1.93. The molecule has 0 saturated heterocycles. The molecule has 0 radical (unpaired) electrons. The van der Waals surface area contributed by atoms with Crippen molar-refractivity contribution in [2.24, 2.45) is 17.3 Å². The smallest absolute Gasteiger partial charge is 0.150 e. The number of aromatic amines is 1. The van der Waals surface area contributed by atoms with Crippen LogP contribution in [0.3, 0.4) is 0 Å². The van der Waals surface area contributed by atoms with Crippen molar-refractivity contribution in [3.8, 4) is 0 Å². The summed E-state index contributed by atoms with van der Waals surface area (Å²) in [6.07, 6.45) is 9.07. The van der Waals surface area contributed by atoms with E-state index in [2.05, 4.69) is 71.5 Å². The molecule has 0 bridgehead atoms. The van der Waals surface area contributed by atoms with Crippen LogP contribution >= 0.6 is 0 Å². The number of aryl methyl sites for hydroxylation is 1. The minimum absolute atomic E-state index is 0.441. The van der Waals surface area contributed by atoms with Gasteiger partial charge < -0.3 is 0 Å². The number of nitrogens with zero attached hydrogens (tertiary/aromatic N) is 2. The van der Waals surface area contributed by atoms with Gasteiger partial charge in [-0.05, 0) is 65.7 Å². The third-order valence-corrected chi connectivity index (χ3v) is 6.25. The minimum Gasteiger partial charge on any atom is -0.266 e. The molecule has 1 saturated carbocycles. The lowest BCUT2D eigenvalue weighted by atomic mass is 9.65. The monoisotopic (exact) mass is 347 g/mol. The summed E-state index contributed by atoms with van der Waals surface area (Å²) >= 11 is 0. The van der Waals surface area contributed by atoms with E-state index in [4.69, 9.17) is 0 Å². The van der Waals surface area contributed by atoms with E-state index in [-0.39, 0.29) is 0 Å². The van der Waals surface area contributed by atoms with Crippen molar-refractivity contribution in [2.75, 3.05) is 0 Å². The topological polar surface area (TPSA) is 41.6 Å². The lowest BCUT2D eigenvalue weighted by Gasteiger charge is -2.40. The maximum absolute atomic E-state index is 4.39. The molecule has 1 N–H and O–H groups in total. The molecule has 1 heterocycles. The van der Waals surface area contributed by atoms with Crippen LogP contribution in [0.5, 0.6) is 0 Å². The van der Waals surface area contributed by atoms with Crippen LogP contribution in [0.4, 0.5) is 0 Å². The predicted octanol–water partition coefficient (Wildman–Crippen LogP) is 5.58. The third-order valence-electron chi connectivity index (χ3n) is 6.25. The van der Waals surface area contributed by atoms with Gasteiger partial charge >= 0.3 is 0 Å². The second-order valence-corrected chi connectivity index (χ2v) is 8.72. The maximum atomic E-state index is 4.39. The van der Waals surface area contributed by atoms with Crippen molar-refractivity contribution in [3.05, 3.63) is 60.2 Å². The van der Waals surface area contributed by atoms with Crippen LogP contribution < -0.4 is 0 Å². The summed E-state index contributed by atoms with van der Waals surface area (Å²) in [5, 5.41) is 9.95. The normalized spacial score (nSPS) is 22.5. The molecule has 0 aliphatic heterocycles. The maximum Gasteiger partial charge on any atom is 0.150 e. The molecule has 1 fully saturated rings. The van der Waals surface area contributed by atoms with E-state index in [1.807, 2.05) is 0 Å². The Kier molecular flexibility index (Phi) is 4.80. The Balaban J connectivity index is 1.49. The predicted molar refractivity (Wildman–Crippen MR) is 107 cm³/mol. The number of fused-ring (bicyclic) bond motifs is 1. The van der Waals surface area contributed by atoms with Crippen LogP contribution in [0.25, 0.3) is 10.8 Å². The van der Waals surface area contributed by atoms with E-state index in [9.17, 15) is 0 Å². The van der Waals surface area contributed by atoms with Crippen molar-refractivity contribution in [3.63, 3.8) is 0 Å². The highest BCUT2D eigenvalue weighted by Gasteiger charge is 2.35. The third kappa shape index (κ3) is 3.82. The quantitative estimate of drug-likeness (QED) is 0.655. The number of hydrogen-bond acceptors (Lipinski definition) is 2. The molecule has 1 aliphatic rings. The van der Waals surface area contributed by atoms with E-state index in [0.717, 1.165) is 24.6 Å². The number of aromatic nitrogens is 3. The molecule has 136 valence electrons. The highest BCUT2D eigenvalue weighted by atomic mass is 15.2. The molecule has 3 heteroatoms. The van der Waals surface area contributed by atoms with Crippen LogP contribution in [0.15, 0.2) is 48.8 Å². The average molecular weight is 348 g/mol. The van der Waals surface area contributed by atoms with E-state index >= 15 is 0 Å². The van der Waals surface area contributed by atoms with Gasteiger partial charge in [0, 0.05) is 6.42 Å². The van der Waals surface area contributed by atoms with Crippen molar-refractivity contribution in [1.82, 2.24) is 15.2 Å². The fourth-order valence-corrected chi connectivity index (χ4v) is 4.83. The molecule has 3 nitrogen and oxygen atoms in total. The molecule has 3 aromatic rings. The highest BCUT2D eigenvalue weighted by Crippen LogP contribution is 2.44. The van der Waals surface area contributed by atoms with E-state index in [1.54, 1.807) is 6.33 Å². The molecule has 2 unspecified atom stereocenters. The summed E-state index contributed by atoms with van der Waals surface area (Å²) in [4.78, 5) is 4.39. The van der Waals surface area contributed by atoms with Crippen molar-refractivity contribution in [2.45, 2.75) is 52.4 Å². The summed E-state index contributed by atoms with van der Waals surface area (Å²) in [6, 6.07) is 15.5. The molecule has 4 rings (SSSR count). The molecule has 26 heavy (non-hydrogen) atoms. The Morgan fingerprint density at radius 1 is 1.08 bits per heavy atom. The molecule has 0 amide bonds. The van der Waals surface area contributed by atoms with Crippen LogP contribution in [0, 0.1) is 17.3 Å². The number of rotatable bonds is 5. The van der Waals surface area contributed by atoms with Crippen molar-refractivity contribution < 1.29 is 0 Å². The minimum atomic E-state index is 0.441. The Morgan fingerprint density at radius 3 is 2.77 bits per heavy atom. The van der Waals surface area contributed by atoms with Gasteiger partial charge in [0.1, 0.15) is 6.33 Å². The number of hydrogen-bond donors (Lipinski definition) is 1. The Hall–Kier alpha value is -2.16. The molecule has 1 aromatic heterocycles. The lowest BCUT2D eigenvalue weighted by molar-refractivity contribution is 0.110. The summed E-state index contributed by atoms with van der Waals surface area (Å²) in [7, 11) is 0. The van der Waals surface area contributed by atoms with Gasteiger partial charge in [0.05, 0.1) is 0 Å². The lowest BCUT2D eigenvalue weighted by Crippen LogP contribution is -2.31. The first-order valence-electron chi connectivity index (χ1n) is 9.92. The van der Waals surface area contributed by atoms with Crippen molar-refractivity contribution in [1.29, 1.82) is 0 Å². The number of benzene rings is 2. The highest BCUT2D eigenvalue weighted by molar-refractivity contribution is 5.85. The van der Waals surface area contributed by atoms with Gasteiger partial charge in [-0.2, -0.15) is 5.10 Å². The fourth-order valence-electron chi connectivity index (χ4n) is 4.83. The van der Waals surface area contributed by atoms with Crippen LogP contribution in [-0.2, 0) is 12.8 Å². The van der Waals surface area contributed by atoms with Gasteiger partial charge in [0.25, 0.3) is 0 Å². The van der Waals surface area contributed by atoms with Crippen LogP contribution in [0.2, 0.25) is 0 Å². The summed E-state index contributed by atoms with van der Waals surface area (Å²) in [5.74, 6) is 2.42. The second-order valence-electron chi connectivity index (χ2n) is 8.72. The van der Waals surface area contributed by atoms with E-state index in [0.29, 0.717) is 11.3 Å². The standard InChI is InChI=1S/C23H29N3/c1-23(2)13-12-17(20(15-23)14-22-24-16-25-26-22)10-11-19-8-5-7-18-6-3-4-9-21(18)19/h3-9,16-17,20H,10-15H2,1-2H3,(H,24,25,26). The van der Waals surface area contributed by atoms with Crippen LogP contribution in [-0.4, -0.2) is 15.2 Å². The zero-order chi connectivity index (χ0) is 18.0. The van der Waals surface area contributed by atoms with Gasteiger partial charge in [0.15, 0.2) is 5.82 Å².